The Kier molecular flexibility index (Phi) is 7.55. The standard InChI is InChI=1S/C22H25N3O2S/c1-27-19-11-9-17(10-12-19)6-2-3-8-21(26)24-15-13-18-16-28-22(25-18)20-7-4-5-14-23-20/h4-5,7,9-12,14,16H,2-3,6,8,13,15H2,1H3,(H,24,26). The number of nitrogens with one attached hydrogen (secondary N) is 1. The van der Waals surface area contributed by atoms with E-state index in [1.54, 1.807) is 24.6 Å². The lowest BCUT2D eigenvalue weighted by atomic mass is 10.1. The molecule has 1 aromatic carbocycles. The Morgan fingerprint density at radius 2 is 1.96 bits per heavy atom. The molecule has 0 saturated heterocycles. The summed E-state index contributed by atoms with van der Waals surface area (Å²) in [5.74, 6) is 0.977. The van der Waals surface area contributed by atoms with Crippen molar-refractivity contribution in [2.75, 3.05) is 13.7 Å². The molecule has 0 radical (unpaired) electrons. The third-order valence-corrected chi connectivity index (χ3v) is 5.33. The minimum atomic E-state index is 0.106. The smallest absolute Gasteiger partial charge is 0.220 e. The van der Waals surface area contributed by atoms with Gasteiger partial charge in [0, 0.05) is 31.0 Å². The van der Waals surface area contributed by atoms with Gasteiger partial charge in [-0.2, -0.15) is 0 Å². The highest BCUT2D eigenvalue weighted by molar-refractivity contribution is 7.13. The molecule has 1 N–H and O–H groups in total. The van der Waals surface area contributed by atoms with Gasteiger partial charge in [-0.3, -0.25) is 9.78 Å². The van der Waals surface area contributed by atoms with Crippen LogP contribution in [0.4, 0.5) is 0 Å². The molecule has 0 bridgehead atoms. The van der Waals surface area contributed by atoms with Gasteiger partial charge in [-0.15, -0.1) is 11.3 Å². The number of unbranched alkanes of at least 4 members (excludes halogenated alkanes) is 1. The molecule has 0 spiro atoms. The molecule has 2 aromatic heterocycles. The highest BCUT2D eigenvalue weighted by atomic mass is 32.1. The Labute approximate surface area is 169 Å². The summed E-state index contributed by atoms with van der Waals surface area (Å²) >= 11 is 1.58. The van der Waals surface area contributed by atoms with Gasteiger partial charge in [-0.05, 0) is 49.1 Å². The number of thiazole rings is 1. The monoisotopic (exact) mass is 395 g/mol. The summed E-state index contributed by atoms with van der Waals surface area (Å²) in [5, 5.41) is 5.94. The lowest BCUT2D eigenvalue weighted by Crippen LogP contribution is -2.25. The summed E-state index contributed by atoms with van der Waals surface area (Å²) in [5.41, 5.74) is 3.15. The second-order valence-corrected chi connectivity index (χ2v) is 7.37. The molecule has 0 saturated carbocycles. The molecule has 0 aliphatic carbocycles. The first kappa shape index (κ1) is 20.0. The van der Waals surface area contributed by atoms with E-state index < -0.39 is 0 Å². The van der Waals surface area contributed by atoms with Crippen LogP contribution in [-0.2, 0) is 17.6 Å². The van der Waals surface area contributed by atoms with E-state index in [2.05, 4.69) is 27.4 Å². The highest BCUT2D eigenvalue weighted by Gasteiger charge is 2.06. The molecule has 3 aromatic rings. The van der Waals surface area contributed by atoms with Crippen molar-refractivity contribution < 1.29 is 9.53 Å². The number of rotatable bonds is 10. The Balaban J connectivity index is 1.31. The van der Waals surface area contributed by atoms with Crippen molar-refractivity contribution in [2.45, 2.75) is 32.1 Å². The lowest BCUT2D eigenvalue weighted by molar-refractivity contribution is -0.121. The van der Waals surface area contributed by atoms with Crippen LogP contribution in [0.1, 0.15) is 30.5 Å². The van der Waals surface area contributed by atoms with E-state index >= 15 is 0 Å². The molecule has 146 valence electrons. The number of hydrogen-bond acceptors (Lipinski definition) is 5. The largest absolute Gasteiger partial charge is 0.497 e. The number of nitrogens with zero attached hydrogens (tertiary/aromatic N) is 2. The number of methoxy groups -OCH3 is 1. The molecule has 1 amide bonds. The van der Waals surface area contributed by atoms with Crippen LogP contribution < -0.4 is 10.1 Å². The first-order valence-corrected chi connectivity index (χ1v) is 10.4. The minimum Gasteiger partial charge on any atom is -0.497 e. The van der Waals surface area contributed by atoms with Gasteiger partial charge in [0.2, 0.25) is 5.91 Å². The Bertz CT molecular complexity index is 863. The zero-order chi connectivity index (χ0) is 19.6. The van der Waals surface area contributed by atoms with Crippen molar-refractivity contribution in [1.29, 1.82) is 0 Å². The number of carbonyl (C=O) groups excluding carboxylic acids is 1. The number of ether oxygens (including phenoxy) is 1. The van der Waals surface area contributed by atoms with E-state index in [-0.39, 0.29) is 5.91 Å². The average Bonchev–Trinajstić information content (AvgIpc) is 3.21. The van der Waals surface area contributed by atoms with Crippen LogP contribution in [0.15, 0.2) is 54.0 Å². The molecule has 2 heterocycles. The number of amides is 1. The van der Waals surface area contributed by atoms with Crippen molar-refractivity contribution in [1.82, 2.24) is 15.3 Å². The predicted octanol–water partition coefficient (Wildman–Crippen LogP) is 4.29. The number of benzene rings is 1. The van der Waals surface area contributed by atoms with Crippen LogP contribution in [0.5, 0.6) is 5.75 Å². The van der Waals surface area contributed by atoms with Crippen LogP contribution in [0.2, 0.25) is 0 Å². The fourth-order valence-electron chi connectivity index (χ4n) is 2.85. The van der Waals surface area contributed by atoms with Crippen molar-refractivity contribution in [3.63, 3.8) is 0 Å². The minimum absolute atomic E-state index is 0.106. The second-order valence-electron chi connectivity index (χ2n) is 6.51. The van der Waals surface area contributed by atoms with E-state index in [4.69, 9.17) is 4.74 Å². The molecule has 0 atom stereocenters. The van der Waals surface area contributed by atoms with Gasteiger partial charge in [0.05, 0.1) is 18.5 Å². The summed E-state index contributed by atoms with van der Waals surface area (Å²) in [4.78, 5) is 20.9. The summed E-state index contributed by atoms with van der Waals surface area (Å²) in [6.07, 6.45) is 5.93. The SMILES string of the molecule is COc1ccc(CCCCC(=O)NCCc2csc(-c3ccccn3)n2)cc1. The molecule has 6 heteroatoms. The van der Waals surface area contributed by atoms with E-state index in [0.717, 1.165) is 47.8 Å². The first-order valence-electron chi connectivity index (χ1n) is 9.50. The van der Waals surface area contributed by atoms with Crippen molar-refractivity contribution in [2.24, 2.45) is 0 Å². The van der Waals surface area contributed by atoms with Gasteiger partial charge in [0.25, 0.3) is 0 Å². The zero-order valence-corrected chi connectivity index (χ0v) is 16.9. The lowest BCUT2D eigenvalue weighted by Gasteiger charge is -2.05. The Morgan fingerprint density at radius 1 is 1.11 bits per heavy atom. The molecule has 0 fully saturated rings. The van der Waals surface area contributed by atoms with E-state index in [1.807, 2.05) is 35.7 Å². The molecule has 0 aliphatic heterocycles. The molecule has 0 aliphatic rings. The molecule has 28 heavy (non-hydrogen) atoms. The third-order valence-electron chi connectivity index (χ3n) is 4.42. The number of pyridine rings is 1. The van der Waals surface area contributed by atoms with E-state index in [0.29, 0.717) is 13.0 Å². The fraction of sp³-hybridized carbons (Fsp3) is 0.318. The van der Waals surface area contributed by atoms with Crippen molar-refractivity contribution in [3.8, 4) is 16.5 Å². The molecular weight excluding hydrogens is 370 g/mol. The summed E-state index contributed by atoms with van der Waals surface area (Å²) < 4.78 is 5.16. The van der Waals surface area contributed by atoms with Crippen LogP contribution >= 0.6 is 11.3 Å². The first-order chi connectivity index (χ1) is 13.7. The highest BCUT2D eigenvalue weighted by Crippen LogP contribution is 2.21. The summed E-state index contributed by atoms with van der Waals surface area (Å²) in [7, 11) is 1.67. The van der Waals surface area contributed by atoms with Crippen LogP contribution in [0.3, 0.4) is 0 Å². The Hall–Kier alpha value is -2.73. The predicted molar refractivity (Wildman–Crippen MR) is 113 cm³/mol. The number of aryl methyl sites for hydroxylation is 1. The van der Waals surface area contributed by atoms with Gasteiger partial charge in [-0.1, -0.05) is 18.2 Å². The summed E-state index contributed by atoms with van der Waals surface area (Å²) in [6, 6.07) is 13.9. The fourth-order valence-corrected chi connectivity index (χ4v) is 3.68. The van der Waals surface area contributed by atoms with Gasteiger partial charge >= 0.3 is 0 Å². The maximum Gasteiger partial charge on any atom is 0.220 e. The van der Waals surface area contributed by atoms with E-state index in [1.165, 1.54) is 5.56 Å². The molecule has 0 unspecified atom stereocenters. The quantitative estimate of drug-likeness (QED) is 0.520. The third kappa shape index (κ3) is 6.16. The van der Waals surface area contributed by atoms with Crippen LogP contribution in [0.25, 0.3) is 10.7 Å². The Morgan fingerprint density at radius 3 is 2.71 bits per heavy atom. The molecule has 3 rings (SSSR count). The van der Waals surface area contributed by atoms with Gasteiger partial charge in [-0.25, -0.2) is 4.98 Å². The van der Waals surface area contributed by atoms with Gasteiger partial charge < -0.3 is 10.1 Å². The average molecular weight is 396 g/mol. The molecule has 5 nitrogen and oxygen atoms in total. The maximum atomic E-state index is 12.0. The summed E-state index contributed by atoms with van der Waals surface area (Å²) in [6.45, 7) is 0.614. The van der Waals surface area contributed by atoms with Gasteiger partial charge in [0.15, 0.2) is 0 Å². The van der Waals surface area contributed by atoms with E-state index in [9.17, 15) is 4.79 Å². The van der Waals surface area contributed by atoms with Crippen LogP contribution in [-0.4, -0.2) is 29.5 Å². The number of carbonyl (C=O) groups is 1. The number of hydrogen-bond donors (Lipinski definition) is 1. The second kappa shape index (κ2) is 10.6. The topological polar surface area (TPSA) is 64.1 Å². The zero-order valence-electron chi connectivity index (χ0n) is 16.1. The van der Waals surface area contributed by atoms with Crippen molar-refractivity contribution >= 4 is 17.2 Å². The normalized spacial score (nSPS) is 10.6. The maximum absolute atomic E-state index is 12.0. The van der Waals surface area contributed by atoms with Crippen LogP contribution in [0, 0.1) is 0 Å². The van der Waals surface area contributed by atoms with Crippen molar-refractivity contribution in [3.05, 3.63) is 65.3 Å². The molecular formula is C22H25N3O2S. The van der Waals surface area contributed by atoms with Gasteiger partial charge in [0.1, 0.15) is 10.8 Å². The number of aromatic nitrogens is 2.